The molecular weight excluding hydrogens is 619 g/mol. The maximum atomic E-state index is 13.2. The summed E-state index contributed by atoms with van der Waals surface area (Å²) in [5.74, 6) is 0.614. The third-order valence-electron chi connectivity index (χ3n) is 5.19. The number of fused-ring (bicyclic) bond motifs is 2. The van der Waals surface area contributed by atoms with Gasteiger partial charge in [-0.2, -0.15) is 0 Å². The van der Waals surface area contributed by atoms with Gasteiger partial charge in [-0.3, -0.25) is 4.79 Å². The van der Waals surface area contributed by atoms with Gasteiger partial charge >= 0.3 is 0 Å². The Balaban J connectivity index is 1.49. The molecule has 0 saturated heterocycles. The molecule has 1 heterocycles. The zero-order valence-corrected chi connectivity index (χ0v) is 21.7. The van der Waals surface area contributed by atoms with E-state index >= 15 is 0 Å². The Bertz CT molecular complexity index is 1550. The molecule has 0 unspecified atom stereocenters. The van der Waals surface area contributed by atoms with E-state index < -0.39 is 0 Å². The van der Waals surface area contributed by atoms with Gasteiger partial charge in [-0.15, -0.1) is 0 Å². The molecule has 0 aliphatic rings. The monoisotopic (exact) mass is 632 g/mol. The Morgan fingerprint density at radius 3 is 2.76 bits per heavy atom. The SMILES string of the molecule is COc1c(C(=O)Nc2ccc3oc(-c4cc(I)ccc4Cl)nc3c2)cc2ccccc2c1Br. The molecule has 0 saturated carbocycles. The highest BCUT2D eigenvalue weighted by molar-refractivity contribution is 14.1. The minimum Gasteiger partial charge on any atom is -0.495 e. The van der Waals surface area contributed by atoms with Crippen molar-refractivity contribution in [2.75, 3.05) is 12.4 Å². The molecule has 0 aliphatic carbocycles. The number of nitrogens with zero attached hydrogens (tertiary/aromatic N) is 1. The van der Waals surface area contributed by atoms with Gasteiger partial charge in [-0.25, -0.2) is 4.98 Å². The first kappa shape index (κ1) is 22.2. The zero-order chi connectivity index (χ0) is 23.1. The molecule has 164 valence electrons. The van der Waals surface area contributed by atoms with Crippen molar-refractivity contribution in [1.82, 2.24) is 4.98 Å². The summed E-state index contributed by atoms with van der Waals surface area (Å²) in [6.07, 6.45) is 0. The molecule has 1 N–H and O–H groups in total. The lowest BCUT2D eigenvalue weighted by Gasteiger charge is -2.13. The van der Waals surface area contributed by atoms with Crippen LogP contribution in [0.25, 0.3) is 33.3 Å². The molecule has 1 aromatic heterocycles. The van der Waals surface area contributed by atoms with Gasteiger partial charge in [-0.1, -0.05) is 35.9 Å². The number of anilines is 1. The average Bonchev–Trinajstić information content (AvgIpc) is 3.23. The van der Waals surface area contributed by atoms with Crippen molar-refractivity contribution in [3.05, 3.63) is 85.4 Å². The molecular formula is C25H15BrClIN2O3. The Morgan fingerprint density at radius 2 is 1.94 bits per heavy atom. The summed E-state index contributed by atoms with van der Waals surface area (Å²) in [7, 11) is 1.55. The fourth-order valence-electron chi connectivity index (χ4n) is 3.63. The lowest BCUT2D eigenvalue weighted by Crippen LogP contribution is -2.13. The van der Waals surface area contributed by atoms with Gasteiger partial charge in [0.2, 0.25) is 5.89 Å². The van der Waals surface area contributed by atoms with Crippen LogP contribution in [0.2, 0.25) is 5.02 Å². The number of ether oxygens (including phenoxy) is 1. The third-order valence-corrected chi connectivity index (χ3v) is 6.98. The van der Waals surface area contributed by atoms with Gasteiger partial charge in [0.25, 0.3) is 5.91 Å². The first-order valence-electron chi connectivity index (χ1n) is 9.87. The topological polar surface area (TPSA) is 64.4 Å². The minimum absolute atomic E-state index is 0.290. The van der Waals surface area contributed by atoms with Gasteiger partial charge in [-0.05, 0) is 91.8 Å². The van der Waals surface area contributed by atoms with Gasteiger partial charge in [0.1, 0.15) is 11.3 Å². The first-order chi connectivity index (χ1) is 15.9. The number of halogens is 3. The first-order valence-corrected chi connectivity index (χ1v) is 12.1. The second-order valence-corrected chi connectivity index (χ2v) is 9.72. The summed E-state index contributed by atoms with van der Waals surface area (Å²) < 4.78 is 13.2. The number of rotatable bonds is 4. The van der Waals surface area contributed by atoms with Crippen molar-refractivity contribution >= 4 is 83.6 Å². The van der Waals surface area contributed by atoms with Crippen LogP contribution in [0.1, 0.15) is 10.4 Å². The van der Waals surface area contributed by atoms with E-state index in [1.165, 1.54) is 0 Å². The van der Waals surface area contributed by atoms with Crippen molar-refractivity contribution in [2.24, 2.45) is 0 Å². The van der Waals surface area contributed by atoms with E-state index in [2.05, 4.69) is 48.8 Å². The molecule has 5 aromatic rings. The number of nitrogens with one attached hydrogen (secondary N) is 1. The molecule has 0 aliphatic heterocycles. The number of carbonyl (C=O) groups is 1. The van der Waals surface area contributed by atoms with Crippen molar-refractivity contribution in [2.45, 2.75) is 0 Å². The molecule has 8 heteroatoms. The molecule has 0 fully saturated rings. The highest BCUT2D eigenvalue weighted by atomic mass is 127. The smallest absolute Gasteiger partial charge is 0.259 e. The Kier molecular flexibility index (Phi) is 6.03. The lowest BCUT2D eigenvalue weighted by molar-refractivity contribution is 0.102. The number of benzene rings is 4. The number of hydrogen-bond donors (Lipinski definition) is 1. The maximum Gasteiger partial charge on any atom is 0.259 e. The van der Waals surface area contributed by atoms with E-state index in [-0.39, 0.29) is 5.91 Å². The van der Waals surface area contributed by atoms with E-state index in [1.54, 1.807) is 25.3 Å². The zero-order valence-electron chi connectivity index (χ0n) is 17.2. The number of carbonyl (C=O) groups excluding carboxylic acids is 1. The van der Waals surface area contributed by atoms with E-state index in [0.717, 1.165) is 24.4 Å². The predicted molar refractivity (Wildman–Crippen MR) is 143 cm³/mol. The molecule has 0 spiro atoms. The van der Waals surface area contributed by atoms with Crippen molar-refractivity contribution in [3.63, 3.8) is 0 Å². The van der Waals surface area contributed by atoms with Crippen molar-refractivity contribution in [1.29, 1.82) is 0 Å². The van der Waals surface area contributed by atoms with Crippen LogP contribution >= 0.6 is 50.1 Å². The number of hydrogen-bond acceptors (Lipinski definition) is 4. The van der Waals surface area contributed by atoms with Crippen LogP contribution in [0.15, 0.2) is 75.6 Å². The van der Waals surface area contributed by atoms with Crippen LogP contribution in [0.5, 0.6) is 5.75 Å². The molecule has 0 atom stereocenters. The highest BCUT2D eigenvalue weighted by Gasteiger charge is 2.19. The van der Waals surface area contributed by atoms with Crippen LogP contribution < -0.4 is 10.1 Å². The van der Waals surface area contributed by atoms with Gasteiger partial charge in [0, 0.05) is 9.26 Å². The highest BCUT2D eigenvalue weighted by Crippen LogP contribution is 2.37. The largest absolute Gasteiger partial charge is 0.495 e. The number of oxazole rings is 1. The summed E-state index contributed by atoms with van der Waals surface area (Å²) >= 11 is 12.1. The summed E-state index contributed by atoms with van der Waals surface area (Å²) in [6.45, 7) is 0. The number of aromatic nitrogens is 1. The molecule has 5 rings (SSSR count). The second-order valence-electron chi connectivity index (χ2n) is 7.27. The lowest BCUT2D eigenvalue weighted by atomic mass is 10.1. The van der Waals surface area contributed by atoms with Gasteiger partial charge in [0.15, 0.2) is 5.58 Å². The molecule has 4 aromatic carbocycles. The minimum atomic E-state index is -0.290. The molecule has 1 amide bonds. The second kappa shape index (κ2) is 8.96. The quantitative estimate of drug-likeness (QED) is 0.204. The molecule has 5 nitrogen and oxygen atoms in total. The number of amides is 1. The van der Waals surface area contributed by atoms with Crippen molar-refractivity contribution < 1.29 is 13.9 Å². The van der Waals surface area contributed by atoms with Gasteiger partial charge in [0.05, 0.1) is 27.7 Å². The van der Waals surface area contributed by atoms with Crippen LogP contribution in [-0.4, -0.2) is 18.0 Å². The van der Waals surface area contributed by atoms with Gasteiger partial charge < -0.3 is 14.5 Å². The Labute approximate surface area is 216 Å². The van der Waals surface area contributed by atoms with E-state index in [1.807, 2.05) is 48.5 Å². The summed E-state index contributed by atoms with van der Waals surface area (Å²) in [4.78, 5) is 17.7. The van der Waals surface area contributed by atoms with Crippen LogP contribution in [-0.2, 0) is 0 Å². The van der Waals surface area contributed by atoms with E-state index in [0.29, 0.717) is 39.0 Å². The van der Waals surface area contributed by atoms with Crippen LogP contribution in [0.4, 0.5) is 5.69 Å². The van der Waals surface area contributed by atoms with Crippen LogP contribution in [0.3, 0.4) is 0 Å². The van der Waals surface area contributed by atoms with Crippen molar-refractivity contribution in [3.8, 4) is 17.2 Å². The summed E-state index contributed by atoms with van der Waals surface area (Å²) in [5.41, 5.74) is 2.95. The summed E-state index contributed by atoms with van der Waals surface area (Å²) in [5, 5.41) is 5.40. The third kappa shape index (κ3) is 4.20. The normalized spacial score (nSPS) is 11.2. The number of methoxy groups -OCH3 is 1. The Hall–Kier alpha value is -2.62. The molecule has 0 radical (unpaired) electrons. The Morgan fingerprint density at radius 1 is 1.12 bits per heavy atom. The fourth-order valence-corrected chi connectivity index (χ4v) is 5.06. The standard InChI is InChI=1S/C25H15BrClIN2O3/c1-32-23-18(10-13-4-2-3-5-16(13)22(23)26)24(31)29-15-7-9-21-20(12-15)30-25(33-21)17-11-14(28)6-8-19(17)27/h2-12H,1H3,(H,29,31). The predicted octanol–water partition coefficient (Wildman–Crippen LogP) is 7.93. The summed E-state index contributed by atoms with van der Waals surface area (Å²) in [6, 6.07) is 20.6. The van der Waals surface area contributed by atoms with E-state index in [4.69, 9.17) is 20.8 Å². The molecule has 33 heavy (non-hydrogen) atoms. The average molecular weight is 634 g/mol. The fraction of sp³-hybridized carbons (Fsp3) is 0.0400. The van der Waals surface area contributed by atoms with E-state index in [9.17, 15) is 4.79 Å². The van der Waals surface area contributed by atoms with Crippen LogP contribution in [0, 0.1) is 3.57 Å². The maximum absolute atomic E-state index is 13.2. The molecule has 0 bridgehead atoms.